The Bertz CT molecular complexity index is 957. The maximum absolute atomic E-state index is 12.5. The lowest BCUT2D eigenvalue weighted by Gasteiger charge is -2.14. The average molecular weight is 406 g/mol. The van der Waals surface area contributed by atoms with Gasteiger partial charge in [0.15, 0.2) is 11.5 Å². The lowest BCUT2D eigenvalue weighted by atomic mass is 10.1. The highest BCUT2D eigenvalue weighted by molar-refractivity contribution is 5.94. The van der Waals surface area contributed by atoms with Crippen molar-refractivity contribution < 1.29 is 19.0 Å². The molecule has 1 aromatic heterocycles. The number of pyridine rings is 1. The molecule has 30 heavy (non-hydrogen) atoms. The van der Waals surface area contributed by atoms with E-state index in [1.807, 2.05) is 50.2 Å². The van der Waals surface area contributed by atoms with E-state index in [4.69, 9.17) is 14.2 Å². The number of nitrogens with one attached hydrogen (secondary N) is 1. The zero-order valence-electron chi connectivity index (χ0n) is 17.4. The fourth-order valence-corrected chi connectivity index (χ4v) is 2.80. The van der Waals surface area contributed by atoms with Gasteiger partial charge in [0.1, 0.15) is 12.4 Å². The predicted molar refractivity (Wildman–Crippen MR) is 115 cm³/mol. The molecule has 0 fully saturated rings. The van der Waals surface area contributed by atoms with E-state index in [9.17, 15) is 4.79 Å². The van der Waals surface area contributed by atoms with Crippen LogP contribution in [0.5, 0.6) is 17.2 Å². The van der Waals surface area contributed by atoms with Gasteiger partial charge < -0.3 is 19.5 Å². The number of carbonyl (C=O) groups is 1. The molecule has 1 heterocycles. The molecule has 3 aromatic rings. The summed E-state index contributed by atoms with van der Waals surface area (Å²) in [6.45, 7) is 4.75. The first-order valence-corrected chi connectivity index (χ1v) is 9.78. The van der Waals surface area contributed by atoms with Crippen molar-refractivity contribution in [1.82, 2.24) is 10.3 Å². The fraction of sp³-hybridized carbons (Fsp3) is 0.250. The molecule has 0 radical (unpaired) electrons. The molecule has 1 N–H and O–H groups in total. The summed E-state index contributed by atoms with van der Waals surface area (Å²) in [4.78, 5) is 16.6. The van der Waals surface area contributed by atoms with Crippen LogP contribution in [0.2, 0.25) is 0 Å². The van der Waals surface area contributed by atoms with E-state index in [1.54, 1.807) is 37.7 Å². The van der Waals surface area contributed by atoms with E-state index in [2.05, 4.69) is 10.3 Å². The third-order valence-corrected chi connectivity index (χ3v) is 4.29. The van der Waals surface area contributed by atoms with Crippen molar-refractivity contribution in [3.63, 3.8) is 0 Å². The van der Waals surface area contributed by atoms with Gasteiger partial charge in [-0.3, -0.25) is 9.78 Å². The number of hydrogen-bond donors (Lipinski definition) is 1. The number of ether oxygens (including phenoxy) is 3. The summed E-state index contributed by atoms with van der Waals surface area (Å²) >= 11 is 0. The van der Waals surface area contributed by atoms with Crippen LogP contribution in [0.4, 0.5) is 0 Å². The second kappa shape index (κ2) is 10.3. The van der Waals surface area contributed by atoms with Crippen molar-refractivity contribution in [3.8, 4) is 17.2 Å². The Morgan fingerprint density at radius 2 is 1.83 bits per heavy atom. The molecule has 156 valence electrons. The maximum Gasteiger partial charge on any atom is 0.251 e. The highest BCUT2D eigenvalue weighted by Gasteiger charge is 2.12. The Morgan fingerprint density at radius 3 is 2.50 bits per heavy atom. The second-order valence-corrected chi connectivity index (χ2v) is 7.01. The highest BCUT2D eigenvalue weighted by atomic mass is 16.5. The van der Waals surface area contributed by atoms with Crippen molar-refractivity contribution in [2.45, 2.75) is 33.1 Å². The van der Waals surface area contributed by atoms with Gasteiger partial charge in [0, 0.05) is 30.1 Å². The lowest BCUT2D eigenvalue weighted by Crippen LogP contribution is -2.22. The normalized spacial score (nSPS) is 10.5. The average Bonchev–Trinajstić information content (AvgIpc) is 2.77. The van der Waals surface area contributed by atoms with Crippen molar-refractivity contribution in [1.29, 1.82) is 0 Å². The number of methoxy groups -OCH3 is 1. The lowest BCUT2D eigenvalue weighted by molar-refractivity contribution is 0.0950. The summed E-state index contributed by atoms with van der Waals surface area (Å²) in [6, 6.07) is 16.6. The van der Waals surface area contributed by atoms with E-state index < -0.39 is 0 Å². The van der Waals surface area contributed by atoms with Crippen LogP contribution < -0.4 is 19.5 Å². The molecule has 1 amide bonds. The molecule has 0 bridgehead atoms. The predicted octanol–water partition coefficient (Wildman–Crippen LogP) is 4.39. The third-order valence-electron chi connectivity index (χ3n) is 4.29. The Labute approximate surface area is 176 Å². The fourth-order valence-electron chi connectivity index (χ4n) is 2.80. The summed E-state index contributed by atoms with van der Waals surface area (Å²) in [5.41, 5.74) is 2.50. The summed E-state index contributed by atoms with van der Waals surface area (Å²) in [7, 11) is 1.56. The topological polar surface area (TPSA) is 69.7 Å². The van der Waals surface area contributed by atoms with Gasteiger partial charge >= 0.3 is 0 Å². The number of benzene rings is 2. The molecule has 3 rings (SSSR count). The molecule has 0 spiro atoms. The minimum absolute atomic E-state index is 0.0230. The van der Waals surface area contributed by atoms with Gasteiger partial charge in [0.2, 0.25) is 0 Å². The molecule has 0 aliphatic carbocycles. The van der Waals surface area contributed by atoms with Crippen molar-refractivity contribution >= 4 is 5.91 Å². The number of nitrogens with zero attached hydrogens (tertiary/aromatic N) is 1. The third kappa shape index (κ3) is 5.98. The van der Waals surface area contributed by atoms with Crippen LogP contribution >= 0.6 is 0 Å². The number of hydrogen-bond acceptors (Lipinski definition) is 5. The Balaban J connectivity index is 1.54. The minimum Gasteiger partial charge on any atom is -0.493 e. The zero-order valence-corrected chi connectivity index (χ0v) is 17.4. The van der Waals surface area contributed by atoms with Gasteiger partial charge in [-0.15, -0.1) is 0 Å². The van der Waals surface area contributed by atoms with Crippen molar-refractivity contribution in [2.75, 3.05) is 7.11 Å². The zero-order chi connectivity index (χ0) is 21.3. The molecule has 2 aromatic carbocycles. The summed E-state index contributed by atoms with van der Waals surface area (Å²) < 4.78 is 16.8. The van der Waals surface area contributed by atoms with Gasteiger partial charge in [-0.2, -0.15) is 0 Å². The van der Waals surface area contributed by atoms with E-state index >= 15 is 0 Å². The number of rotatable bonds is 9. The van der Waals surface area contributed by atoms with Crippen LogP contribution in [0, 0.1) is 0 Å². The van der Waals surface area contributed by atoms with E-state index in [0.29, 0.717) is 30.2 Å². The Kier molecular flexibility index (Phi) is 7.27. The van der Waals surface area contributed by atoms with Crippen molar-refractivity contribution in [3.05, 3.63) is 83.7 Å². The Morgan fingerprint density at radius 1 is 1.03 bits per heavy atom. The van der Waals surface area contributed by atoms with Crippen molar-refractivity contribution in [2.24, 2.45) is 0 Å². The smallest absolute Gasteiger partial charge is 0.251 e. The molecule has 0 saturated heterocycles. The quantitative estimate of drug-likeness (QED) is 0.571. The second-order valence-electron chi connectivity index (χ2n) is 7.01. The largest absolute Gasteiger partial charge is 0.493 e. The molecule has 0 saturated carbocycles. The monoisotopic (exact) mass is 406 g/mol. The highest BCUT2D eigenvalue weighted by Crippen LogP contribution is 2.29. The van der Waals surface area contributed by atoms with Crippen LogP contribution in [0.1, 0.15) is 35.3 Å². The van der Waals surface area contributed by atoms with Gasteiger partial charge in [-0.1, -0.05) is 18.2 Å². The minimum atomic E-state index is -0.179. The standard InChI is InChI=1S/C24H26N2O4/c1-17(2)30-22-11-8-20(13-23(22)28-3)24(27)26-15-18-6-9-21(10-7-18)29-16-19-5-4-12-25-14-19/h4-14,17H,15-16H2,1-3H3,(H,26,27). The Hall–Kier alpha value is -3.54. The van der Waals surface area contributed by atoms with Gasteiger partial charge in [0.25, 0.3) is 5.91 Å². The van der Waals surface area contributed by atoms with Crippen LogP contribution in [-0.2, 0) is 13.2 Å². The first kappa shape index (κ1) is 21.2. The first-order chi connectivity index (χ1) is 14.5. The van der Waals surface area contributed by atoms with Gasteiger partial charge in [-0.05, 0) is 55.8 Å². The first-order valence-electron chi connectivity index (χ1n) is 9.78. The SMILES string of the molecule is COc1cc(C(=O)NCc2ccc(OCc3cccnc3)cc2)ccc1OC(C)C. The maximum atomic E-state index is 12.5. The molecule has 0 aliphatic rings. The number of amides is 1. The molecular formula is C24H26N2O4. The number of aromatic nitrogens is 1. The van der Waals surface area contributed by atoms with Gasteiger partial charge in [-0.25, -0.2) is 0 Å². The molecule has 0 aliphatic heterocycles. The van der Waals surface area contributed by atoms with E-state index in [0.717, 1.165) is 16.9 Å². The summed E-state index contributed by atoms with van der Waals surface area (Å²) in [5, 5.41) is 2.92. The van der Waals surface area contributed by atoms with E-state index in [-0.39, 0.29) is 12.0 Å². The van der Waals surface area contributed by atoms with Crippen LogP contribution in [0.3, 0.4) is 0 Å². The summed E-state index contributed by atoms with van der Waals surface area (Å²) in [5.74, 6) is 1.73. The van der Waals surface area contributed by atoms with Crippen LogP contribution in [0.15, 0.2) is 67.0 Å². The molecule has 6 nitrogen and oxygen atoms in total. The van der Waals surface area contributed by atoms with Crippen LogP contribution in [-0.4, -0.2) is 24.1 Å². The van der Waals surface area contributed by atoms with E-state index in [1.165, 1.54) is 0 Å². The molecule has 6 heteroatoms. The summed E-state index contributed by atoms with van der Waals surface area (Å²) in [6.07, 6.45) is 3.53. The molecule has 0 unspecified atom stereocenters. The molecular weight excluding hydrogens is 380 g/mol. The molecule has 0 atom stereocenters. The van der Waals surface area contributed by atoms with Crippen LogP contribution in [0.25, 0.3) is 0 Å². The van der Waals surface area contributed by atoms with Gasteiger partial charge in [0.05, 0.1) is 13.2 Å². The number of carbonyl (C=O) groups excluding carboxylic acids is 1.